The van der Waals surface area contributed by atoms with Gasteiger partial charge < -0.3 is 14.6 Å². The van der Waals surface area contributed by atoms with Crippen molar-refractivity contribution in [3.63, 3.8) is 0 Å². The first kappa shape index (κ1) is 23.7. The second-order valence-corrected chi connectivity index (χ2v) is 11.2. The Bertz CT molecular complexity index is 1390. The number of aromatic nitrogens is 1. The van der Waals surface area contributed by atoms with Crippen molar-refractivity contribution >= 4 is 26.8 Å². The molecule has 35 heavy (non-hydrogen) atoms. The maximum Gasteiger partial charge on any atom is 0.255 e. The van der Waals surface area contributed by atoms with Crippen molar-refractivity contribution in [3.05, 3.63) is 76.1 Å². The number of sulfonamides is 1. The van der Waals surface area contributed by atoms with Crippen molar-refractivity contribution in [2.24, 2.45) is 5.92 Å². The average Bonchev–Trinajstić information content (AvgIpc) is 3.72. The number of aromatic amines is 1. The third-order valence-electron chi connectivity index (χ3n) is 6.91. The van der Waals surface area contributed by atoms with Crippen LogP contribution >= 0.6 is 0 Å². The van der Waals surface area contributed by atoms with Crippen LogP contribution < -0.4 is 5.56 Å². The fourth-order valence-corrected chi connectivity index (χ4v) is 6.11. The number of morpholine rings is 1. The molecule has 1 saturated carbocycles. The van der Waals surface area contributed by atoms with Gasteiger partial charge in [0.05, 0.1) is 23.7 Å². The summed E-state index contributed by atoms with van der Waals surface area (Å²) in [6.45, 7) is 3.71. The largest absolute Gasteiger partial charge is 0.379 e. The summed E-state index contributed by atoms with van der Waals surface area (Å²) in [5.41, 5.74) is 1.24. The molecule has 8 nitrogen and oxygen atoms in total. The Morgan fingerprint density at radius 2 is 1.83 bits per heavy atom. The van der Waals surface area contributed by atoms with Gasteiger partial charge in [-0.15, -0.1) is 0 Å². The summed E-state index contributed by atoms with van der Waals surface area (Å²) in [4.78, 5) is 31.1. The zero-order valence-corrected chi connectivity index (χ0v) is 20.5. The maximum absolute atomic E-state index is 13.9. The molecule has 0 radical (unpaired) electrons. The van der Waals surface area contributed by atoms with Crippen molar-refractivity contribution in [1.82, 2.24) is 14.2 Å². The lowest BCUT2D eigenvalue weighted by Crippen LogP contribution is -2.40. The van der Waals surface area contributed by atoms with Gasteiger partial charge in [0.1, 0.15) is 0 Å². The van der Waals surface area contributed by atoms with Crippen molar-refractivity contribution in [2.45, 2.75) is 37.2 Å². The highest BCUT2D eigenvalue weighted by molar-refractivity contribution is 7.89. The van der Waals surface area contributed by atoms with Crippen LogP contribution in [0.4, 0.5) is 0 Å². The number of carbonyl (C=O) groups excluding carboxylic acids is 1. The van der Waals surface area contributed by atoms with Gasteiger partial charge in [0.25, 0.3) is 5.91 Å². The maximum atomic E-state index is 13.9. The molecule has 0 bridgehead atoms. The third-order valence-corrected chi connectivity index (χ3v) is 8.80. The summed E-state index contributed by atoms with van der Waals surface area (Å²) in [6.07, 6.45) is 2.13. The number of rotatable bonds is 7. The van der Waals surface area contributed by atoms with E-state index in [9.17, 15) is 18.0 Å². The topological polar surface area (TPSA) is 99.8 Å². The van der Waals surface area contributed by atoms with E-state index in [2.05, 4.69) is 4.98 Å². The van der Waals surface area contributed by atoms with Crippen LogP contribution in [0.15, 0.2) is 64.3 Å². The fourth-order valence-electron chi connectivity index (χ4n) is 4.67. The second-order valence-electron chi connectivity index (χ2n) is 9.27. The minimum absolute atomic E-state index is 0.00249. The van der Waals surface area contributed by atoms with Gasteiger partial charge in [-0.05, 0) is 49.4 Å². The van der Waals surface area contributed by atoms with Crippen LogP contribution in [-0.4, -0.2) is 60.9 Å². The Hall–Kier alpha value is -3.01. The van der Waals surface area contributed by atoms with E-state index in [0.29, 0.717) is 36.6 Å². The average molecular weight is 496 g/mol. The van der Waals surface area contributed by atoms with E-state index in [1.54, 1.807) is 6.07 Å². The van der Waals surface area contributed by atoms with Gasteiger partial charge in [0.15, 0.2) is 0 Å². The molecule has 2 fully saturated rings. The Kier molecular flexibility index (Phi) is 6.48. The lowest BCUT2D eigenvalue weighted by Gasteiger charge is -2.30. The van der Waals surface area contributed by atoms with Gasteiger partial charge in [-0.1, -0.05) is 30.3 Å². The summed E-state index contributed by atoms with van der Waals surface area (Å²) < 4.78 is 33.2. The predicted octanol–water partition coefficient (Wildman–Crippen LogP) is 2.99. The molecule has 1 aromatic heterocycles. The summed E-state index contributed by atoms with van der Waals surface area (Å²) in [7, 11) is -3.76. The Morgan fingerprint density at radius 3 is 2.51 bits per heavy atom. The van der Waals surface area contributed by atoms with E-state index in [4.69, 9.17) is 4.74 Å². The van der Waals surface area contributed by atoms with Gasteiger partial charge in [-0.2, -0.15) is 4.31 Å². The first-order chi connectivity index (χ1) is 16.8. The minimum Gasteiger partial charge on any atom is -0.379 e. The molecular weight excluding hydrogens is 466 g/mol. The molecule has 5 rings (SSSR count). The number of hydrogen-bond donors (Lipinski definition) is 1. The minimum atomic E-state index is -3.76. The van der Waals surface area contributed by atoms with Crippen molar-refractivity contribution < 1.29 is 17.9 Å². The number of H-pyrrole nitrogens is 1. The molecule has 1 aliphatic carbocycles. The molecule has 2 aromatic carbocycles. The zero-order chi connectivity index (χ0) is 24.6. The normalized spacial score (nSPS) is 17.9. The highest BCUT2D eigenvalue weighted by atomic mass is 32.2. The second kappa shape index (κ2) is 9.56. The molecule has 1 amide bonds. The van der Waals surface area contributed by atoms with Crippen LogP contribution in [0.5, 0.6) is 0 Å². The van der Waals surface area contributed by atoms with E-state index >= 15 is 0 Å². The number of nitrogens with one attached hydrogen (secondary N) is 1. The van der Waals surface area contributed by atoms with Crippen LogP contribution in [0, 0.1) is 5.92 Å². The molecule has 9 heteroatoms. The monoisotopic (exact) mass is 495 g/mol. The number of fused-ring (bicyclic) bond motifs is 1. The van der Waals surface area contributed by atoms with Crippen LogP contribution in [0.3, 0.4) is 0 Å². The van der Waals surface area contributed by atoms with Gasteiger partial charge in [-0.25, -0.2) is 8.42 Å². The summed E-state index contributed by atoms with van der Waals surface area (Å²) in [6, 6.07) is 15.6. The summed E-state index contributed by atoms with van der Waals surface area (Å²) in [5.74, 6) is 0.151. The third kappa shape index (κ3) is 4.89. The number of hydrogen-bond acceptors (Lipinski definition) is 5. The molecule has 2 heterocycles. The number of amides is 1. The van der Waals surface area contributed by atoms with Crippen LogP contribution in [0.2, 0.25) is 0 Å². The number of nitrogens with zero attached hydrogens (tertiary/aromatic N) is 2. The molecule has 184 valence electrons. The quantitative estimate of drug-likeness (QED) is 0.543. The number of ether oxygens (including phenoxy) is 1. The standard InChI is InChI=1S/C26H29N3O5S/c1-18(20-7-8-20)29(17-19-5-3-2-4-6-19)26(31)23-16-25(30)27-24-10-9-21(15-22(23)24)35(32,33)28-11-13-34-14-12-28/h2-6,9-10,15-16,18,20H,7-8,11-14,17H2,1H3,(H,27,30). The first-order valence-corrected chi connectivity index (χ1v) is 13.4. The Morgan fingerprint density at radius 1 is 1.11 bits per heavy atom. The molecule has 1 atom stereocenters. The number of carbonyl (C=O) groups is 1. The van der Waals surface area contributed by atoms with E-state index in [1.165, 1.54) is 22.5 Å². The highest BCUT2D eigenvalue weighted by Gasteiger charge is 2.35. The zero-order valence-electron chi connectivity index (χ0n) is 19.6. The SMILES string of the molecule is CC(C1CC1)N(Cc1ccccc1)C(=O)c1cc(=O)[nH]c2ccc(S(=O)(=O)N3CCOCC3)cc12. The lowest BCUT2D eigenvalue weighted by molar-refractivity contribution is 0.0656. The van der Waals surface area contributed by atoms with E-state index in [-0.39, 0.29) is 35.5 Å². The van der Waals surface area contributed by atoms with Crippen LogP contribution in [-0.2, 0) is 21.3 Å². The Balaban J connectivity index is 1.57. The van der Waals surface area contributed by atoms with E-state index in [0.717, 1.165) is 18.4 Å². The number of benzene rings is 2. The van der Waals surface area contributed by atoms with Crippen molar-refractivity contribution in [3.8, 4) is 0 Å². The molecule has 3 aromatic rings. The Labute approximate surface area is 204 Å². The van der Waals surface area contributed by atoms with Gasteiger partial charge >= 0.3 is 0 Å². The molecule has 2 aliphatic rings. The van der Waals surface area contributed by atoms with Gasteiger partial charge in [0, 0.05) is 42.6 Å². The predicted molar refractivity (Wildman–Crippen MR) is 133 cm³/mol. The summed E-state index contributed by atoms with van der Waals surface area (Å²) >= 11 is 0. The van der Waals surface area contributed by atoms with E-state index < -0.39 is 15.6 Å². The smallest absolute Gasteiger partial charge is 0.255 e. The lowest BCUT2D eigenvalue weighted by atomic mass is 10.0. The molecule has 1 saturated heterocycles. The van der Waals surface area contributed by atoms with Crippen molar-refractivity contribution in [1.29, 1.82) is 0 Å². The fraction of sp³-hybridized carbons (Fsp3) is 0.385. The van der Waals surface area contributed by atoms with Crippen LogP contribution in [0.1, 0.15) is 35.7 Å². The molecule has 0 spiro atoms. The van der Waals surface area contributed by atoms with Gasteiger partial charge in [0.2, 0.25) is 15.6 Å². The number of pyridine rings is 1. The molecular formula is C26H29N3O5S. The molecule has 1 unspecified atom stereocenters. The summed E-state index contributed by atoms with van der Waals surface area (Å²) in [5, 5.41) is 0.421. The highest BCUT2D eigenvalue weighted by Crippen LogP contribution is 2.36. The van der Waals surface area contributed by atoms with Crippen LogP contribution in [0.25, 0.3) is 10.9 Å². The van der Waals surface area contributed by atoms with E-state index in [1.807, 2.05) is 42.2 Å². The molecule has 1 aliphatic heterocycles. The first-order valence-electron chi connectivity index (χ1n) is 11.9. The molecule has 1 N–H and O–H groups in total. The van der Waals surface area contributed by atoms with Crippen molar-refractivity contribution in [2.75, 3.05) is 26.3 Å². The van der Waals surface area contributed by atoms with Gasteiger partial charge in [-0.3, -0.25) is 9.59 Å².